The second-order valence-corrected chi connectivity index (χ2v) is 5.79. The molecule has 0 aliphatic rings. The standard InChI is InChI=1S/C21H18N4O2/c1-27-18-9-6-15(7-10-18)12-21(26)25-20-11-8-17(14-23-20)24-19-5-3-2-4-16(19)13-22/h2-11,14,24H,12H2,1H3,(H,23,25,26). The molecule has 6 nitrogen and oxygen atoms in total. The van der Waals surface area contributed by atoms with Crippen molar-refractivity contribution in [3.63, 3.8) is 0 Å². The van der Waals surface area contributed by atoms with E-state index < -0.39 is 0 Å². The minimum absolute atomic E-state index is 0.150. The van der Waals surface area contributed by atoms with Gasteiger partial charge in [0.2, 0.25) is 5.91 Å². The Morgan fingerprint density at radius 2 is 1.89 bits per heavy atom. The van der Waals surface area contributed by atoms with Gasteiger partial charge in [-0.15, -0.1) is 0 Å². The molecule has 2 aromatic carbocycles. The average Bonchev–Trinajstić information content (AvgIpc) is 2.70. The Bertz CT molecular complexity index is 961. The summed E-state index contributed by atoms with van der Waals surface area (Å²) in [6.45, 7) is 0. The van der Waals surface area contributed by atoms with Crippen molar-refractivity contribution in [3.8, 4) is 11.8 Å². The first-order chi connectivity index (χ1) is 13.2. The normalized spacial score (nSPS) is 9.93. The molecule has 6 heteroatoms. The number of rotatable bonds is 6. The number of methoxy groups -OCH3 is 1. The van der Waals surface area contributed by atoms with Crippen LogP contribution in [-0.4, -0.2) is 18.0 Å². The van der Waals surface area contributed by atoms with Gasteiger partial charge < -0.3 is 15.4 Å². The van der Waals surface area contributed by atoms with Crippen LogP contribution in [0.15, 0.2) is 66.9 Å². The largest absolute Gasteiger partial charge is 0.497 e. The van der Waals surface area contributed by atoms with Gasteiger partial charge in [0.15, 0.2) is 0 Å². The van der Waals surface area contributed by atoms with E-state index in [1.807, 2.05) is 42.5 Å². The van der Waals surface area contributed by atoms with Gasteiger partial charge in [-0.05, 0) is 42.0 Å². The molecule has 0 aliphatic heterocycles. The summed E-state index contributed by atoms with van der Waals surface area (Å²) in [7, 11) is 1.60. The fourth-order valence-electron chi connectivity index (χ4n) is 2.50. The summed E-state index contributed by atoms with van der Waals surface area (Å²) < 4.78 is 5.10. The zero-order valence-corrected chi connectivity index (χ0v) is 14.8. The fourth-order valence-corrected chi connectivity index (χ4v) is 2.50. The van der Waals surface area contributed by atoms with E-state index in [9.17, 15) is 4.79 Å². The number of nitrogens with one attached hydrogen (secondary N) is 2. The molecule has 0 saturated carbocycles. The van der Waals surface area contributed by atoms with E-state index in [2.05, 4.69) is 21.7 Å². The van der Waals surface area contributed by atoms with Crippen LogP contribution in [0.4, 0.5) is 17.2 Å². The van der Waals surface area contributed by atoms with Gasteiger partial charge in [-0.3, -0.25) is 4.79 Å². The first-order valence-electron chi connectivity index (χ1n) is 8.33. The van der Waals surface area contributed by atoms with Crippen molar-refractivity contribution in [1.29, 1.82) is 5.26 Å². The monoisotopic (exact) mass is 358 g/mol. The van der Waals surface area contributed by atoms with Gasteiger partial charge in [0.25, 0.3) is 0 Å². The third-order valence-electron chi connectivity index (χ3n) is 3.88. The topological polar surface area (TPSA) is 87.0 Å². The Balaban J connectivity index is 1.60. The molecule has 0 bridgehead atoms. The third kappa shape index (κ3) is 4.83. The number of hydrogen-bond donors (Lipinski definition) is 2. The molecule has 0 aliphatic carbocycles. The van der Waals surface area contributed by atoms with Crippen molar-refractivity contribution >= 4 is 23.1 Å². The minimum atomic E-state index is -0.150. The number of nitriles is 1. The molecule has 134 valence electrons. The molecule has 0 saturated heterocycles. The summed E-state index contributed by atoms with van der Waals surface area (Å²) in [6.07, 6.45) is 1.86. The second kappa shape index (κ2) is 8.50. The Kier molecular flexibility index (Phi) is 5.65. The lowest BCUT2D eigenvalue weighted by molar-refractivity contribution is -0.115. The summed E-state index contributed by atoms with van der Waals surface area (Å²) >= 11 is 0. The van der Waals surface area contributed by atoms with Crippen LogP contribution >= 0.6 is 0 Å². The number of amides is 1. The van der Waals surface area contributed by atoms with Crippen molar-refractivity contribution in [1.82, 2.24) is 4.98 Å². The van der Waals surface area contributed by atoms with E-state index in [1.165, 1.54) is 0 Å². The second-order valence-electron chi connectivity index (χ2n) is 5.79. The van der Waals surface area contributed by atoms with Crippen LogP contribution in [0.3, 0.4) is 0 Å². The first-order valence-corrected chi connectivity index (χ1v) is 8.33. The van der Waals surface area contributed by atoms with Gasteiger partial charge in [0.1, 0.15) is 17.6 Å². The zero-order chi connectivity index (χ0) is 19.1. The Morgan fingerprint density at radius 1 is 1.11 bits per heavy atom. The number of pyridine rings is 1. The number of ether oxygens (including phenoxy) is 1. The molecule has 27 heavy (non-hydrogen) atoms. The van der Waals surface area contributed by atoms with Gasteiger partial charge in [0, 0.05) is 0 Å². The van der Waals surface area contributed by atoms with Crippen LogP contribution in [0.1, 0.15) is 11.1 Å². The van der Waals surface area contributed by atoms with Crippen LogP contribution < -0.4 is 15.4 Å². The lowest BCUT2D eigenvalue weighted by Gasteiger charge is -2.09. The van der Waals surface area contributed by atoms with E-state index in [4.69, 9.17) is 10.00 Å². The highest BCUT2D eigenvalue weighted by molar-refractivity contribution is 5.91. The summed E-state index contributed by atoms with van der Waals surface area (Å²) in [6, 6.07) is 20.2. The fraction of sp³-hybridized carbons (Fsp3) is 0.0952. The van der Waals surface area contributed by atoms with Crippen LogP contribution in [0, 0.1) is 11.3 Å². The first kappa shape index (κ1) is 18.0. The third-order valence-corrected chi connectivity index (χ3v) is 3.88. The number of benzene rings is 2. The van der Waals surface area contributed by atoms with Crippen molar-refractivity contribution in [2.75, 3.05) is 17.7 Å². The van der Waals surface area contributed by atoms with Crippen molar-refractivity contribution < 1.29 is 9.53 Å². The van der Waals surface area contributed by atoms with E-state index in [-0.39, 0.29) is 12.3 Å². The number of carbonyl (C=O) groups is 1. The molecule has 2 N–H and O–H groups in total. The number of nitrogens with zero attached hydrogens (tertiary/aromatic N) is 2. The lowest BCUT2D eigenvalue weighted by Crippen LogP contribution is -2.15. The molecule has 1 amide bonds. The average molecular weight is 358 g/mol. The van der Waals surface area contributed by atoms with E-state index in [0.29, 0.717) is 17.1 Å². The van der Waals surface area contributed by atoms with Gasteiger partial charge in [-0.1, -0.05) is 24.3 Å². The Hall–Kier alpha value is -3.85. The van der Waals surface area contributed by atoms with Crippen LogP contribution in [0.25, 0.3) is 0 Å². The molecule has 1 heterocycles. The van der Waals surface area contributed by atoms with E-state index in [1.54, 1.807) is 31.5 Å². The maximum absolute atomic E-state index is 12.2. The highest BCUT2D eigenvalue weighted by Gasteiger charge is 2.06. The summed E-state index contributed by atoms with van der Waals surface area (Å²) in [5, 5.41) is 15.0. The quantitative estimate of drug-likeness (QED) is 0.698. The Morgan fingerprint density at radius 3 is 2.56 bits per heavy atom. The lowest BCUT2D eigenvalue weighted by atomic mass is 10.1. The molecule has 0 spiro atoms. The molecular formula is C21H18N4O2. The van der Waals surface area contributed by atoms with Crippen LogP contribution in [0.2, 0.25) is 0 Å². The highest BCUT2D eigenvalue weighted by Crippen LogP contribution is 2.20. The SMILES string of the molecule is COc1ccc(CC(=O)Nc2ccc(Nc3ccccc3C#N)cn2)cc1. The predicted octanol–water partition coefficient (Wildman–Crippen LogP) is 3.89. The van der Waals surface area contributed by atoms with Crippen LogP contribution in [-0.2, 0) is 11.2 Å². The highest BCUT2D eigenvalue weighted by atomic mass is 16.5. The van der Waals surface area contributed by atoms with Crippen LogP contribution in [0.5, 0.6) is 5.75 Å². The summed E-state index contributed by atoms with van der Waals surface area (Å²) in [4.78, 5) is 16.4. The summed E-state index contributed by atoms with van der Waals surface area (Å²) in [5.74, 6) is 1.07. The van der Waals surface area contributed by atoms with E-state index >= 15 is 0 Å². The maximum atomic E-state index is 12.2. The number of carbonyl (C=O) groups excluding carboxylic acids is 1. The molecular weight excluding hydrogens is 340 g/mol. The minimum Gasteiger partial charge on any atom is -0.497 e. The van der Waals surface area contributed by atoms with Crippen molar-refractivity contribution in [2.45, 2.75) is 6.42 Å². The maximum Gasteiger partial charge on any atom is 0.229 e. The molecule has 0 atom stereocenters. The van der Waals surface area contributed by atoms with E-state index in [0.717, 1.165) is 17.0 Å². The molecule has 0 radical (unpaired) electrons. The van der Waals surface area contributed by atoms with Gasteiger partial charge in [0.05, 0.1) is 36.7 Å². The Labute approximate surface area is 157 Å². The van der Waals surface area contributed by atoms with Gasteiger partial charge in [-0.25, -0.2) is 4.98 Å². The number of para-hydroxylation sites is 1. The van der Waals surface area contributed by atoms with Gasteiger partial charge in [-0.2, -0.15) is 5.26 Å². The predicted molar refractivity (Wildman–Crippen MR) is 104 cm³/mol. The number of hydrogen-bond acceptors (Lipinski definition) is 5. The molecule has 1 aromatic heterocycles. The molecule has 0 unspecified atom stereocenters. The number of aromatic nitrogens is 1. The smallest absolute Gasteiger partial charge is 0.229 e. The zero-order valence-electron chi connectivity index (χ0n) is 14.8. The molecule has 3 rings (SSSR count). The van der Waals surface area contributed by atoms with Gasteiger partial charge >= 0.3 is 0 Å². The molecule has 3 aromatic rings. The number of anilines is 3. The van der Waals surface area contributed by atoms with Crippen molar-refractivity contribution in [3.05, 3.63) is 78.0 Å². The summed E-state index contributed by atoms with van der Waals surface area (Å²) in [5.41, 5.74) is 2.87. The van der Waals surface area contributed by atoms with Crippen molar-refractivity contribution in [2.24, 2.45) is 0 Å². The molecule has 0 fully saturated rings.